The molecule has 1 fully saturated rings. The van der Waals surface area contributed by atoms with E-state index in [-0.39, 0.29) is 10.9 Å². The molecule has 2 heterocycles. The van der Waals surface area contributed by atoms with Crippen LogP contribution in [0.1, 0.15) is 28.4 Å². The number of piperazine rings is 1. The fourth-order valence-corrected chi connectivity index (χ4v) is 4.15. The molecule has 6 nitrogen and oxygen atoms in total. The molecule has 0 radical (unpaired) electrons. The van der Waals surface area contributed by atoms with Gasteiger partial charge in [0.15, 0.2) is 0 Å². The van der Waals surface area contributed by atoms with Gasteiger partial charge in [-0.05, 0) is 31.5 Å². The fraction of sp³-hybridized carbons (Fsp3) is 0.333. The van der Waals surface area contributed by atoms with Crippen molar-refractivity contribution in [2.45, 2.75) is 26.9 Å². The molecule has 1 aromatic heterocycles. The molecule has 1 saturated heterocycles. The van der Waals surface area contributed by atoms with Gasteiger partial charge in [0, 0.05) is 50.9 Å². The predicted octanol–water partition coefficient (Wildman–Crippen LogP) is 3.49. The number of nitrogens with zero attached hydrogens (tertiary/aromatic N) is 3. The molecule has 1 aliphatic heterocycles. The van der Waals surface area contributed by atoms with Gasteiger partial charge in [0.1, 0.15) is 11.4 Å². The standard InChI is InChI=1S/C24H26FN3O3/c1-3-27-15-19(24(30)31)23(29)18-12-20(25)22(13-21(18)27)28-10-8-26(9-11-28)14-17-6-4-16(2)5-7-17/h4-7,12-13,15H,3,8-11,14H2,1-2H3,(H,30,31). The monoisotopic (exact) mass is 423 g/mol. The van der Waals surface area contributed by atoms with Crippen molar-refractivity contribution in [2.24, 2.45) is 0 Å². The van der Waals surface area contributed by atoms with Crippen molar-refractivity contribution >= 4 is 22.6 Å². The summed E-state index contributed by atoms with van der Waals surface area (Å²) < 4.78 is 16.7. The van der Waals surface area contributed by atoms with Crippen LogP contribution in [-0.4, -0.2) is 46.7 Å². The Morgan fingerprint density at radius 1 is 1.10 bits per heavy atom. The lowest BCUT2D eigenvalue weighted by Gasteiger charge is -2.36. The first kappa shape index (κ1) is 21.1. The van der Waals surface area contributed by atoms with E-state index in [1.54, 1.807) is 10.6 Å². The Morgan fingerprint density at radius 3 is 2.39 bits per heavy atom. The Morgan fingerprint density at radius 2 is 1.77 bits per heavy atom. The minimum absolute atomic E-state index is 0.0982. The summed E-state index contributed by atoms with van der Waals surface area (Å²) >= 11 is 0. The van der Waals surface area contributed by atoms with Crippen molar-refractivity contribution in [1.82, 2.24) is 9.47 Å². The van der Waals surface area contributed by atoms with Gasteiger partial charge in [-0.1, -0.05) is 29.8 Å². The molecule has 0 unspecified atom stereocenters. The number of rotatable bonds is 5. The van der Waals surface area contributed by atoms with Crippen molar-refractivity contribution in [2.75, 3.05) is 31.1 Å². The summed E-state index contributed by atoms with van der Waals surface area (Å²) in [4.78, 5) is 28.3. The van der Waals surface area contributed by atoms with Crippen LogP contribution >= 0.6 is 0 Å². The molecule has 0 spiro atoms. The van der Waals surface area contributed by atoms with Gasteiger partial charge >= 0.3 is 5.97 Å². The number of carboxylic acid groups (broad SMARTS) is 1. The van der Waals surface area contributed by atoms with Crippen molar-refractivity contribution in [3.8, 4) is 0 Å². The zero-order chi connectivity index (χ0) is 22.1. The van der Waals surface area contributed by atoms with Gasteiger partial charge in [0.25, 0.3) is 0 Å². The van der Waals surface area contributed by atoms with Crippen LogP contribution in [-0.2, 0) is 13.1 Å². The Hall–Kier alpha value is -3.19. The third-order valence-corrected chi connectivity index (χ3v) is 5.96. The van der Waals surface area contributed by atoms with Gasteiger partial charge < -0.3 is 14.6 Å². The zero-order valence-electron chi connectivity index (χ0n) is 17.8. The highest BCUT2D eigenvalue weighted by Gasteiger charge is 2.22. The van der Waals surface area contributed by atoms with Gasteiger partial charge in [0.2, 0.25) is 5.43 Å². The molecule has 0 aliphatic carbocycles. The summed E-state index contributed by atoms with van der Waals surface area (Å²) in [7, 11) is 0. The Balaban J connectivity index is 1.58. The van der Waals surface area contributed by atoms with E-state index in [0.717, 1.165) is 19.6 Å². The van der Waals surface area contributed by atoms with Gasteiger partial charge in [0.05, 0.1) is 11.2 Å². The Labute approximate surface area is 180 Å². The van der Waals surface area contributed by atoms with Crippen LogP contribution in [0.25, 0.3) is 10.9 Å². The van der Waals surface area contributed by atoms with E-state index in [4.69, 9.17) is 0 Å². The number of hydrogen-bond acceptors (Lipinski definition) is 4. The van der Waals surface area contributed by atoms with Gasteiger partial charge in [-0.15, -0.1) is 0 Å². The first-order chi connectivity index (χ1) is 14.9. The number of aromatic nitrogens is 1. The summed E-state index contributed by atoms with van der Waals surface area (Å²) in [5.74, 6) is -1.80. The molecule has 7 heteroatoms. The highest BCUT2D eigenvalue weighted by molar-refractivity contribution is 5.93. The molecule has 0 atom stereocenters. The second-order valence-electron chi connectivity index (χ2n) is 8.03. The van der Waals surface area contributed by atoms with E-state index in [1.807, 2.05) is 11.8 Å². The van der Waals surface area contributed by atoms with Gasteiger partial charge in [-0.25, -0.2) is 9.18 Å². The van der Waals surface area contributed by atoms with E-state index < -0.39 is 17.2 Å². The summed E-state index contributed by atoms with van der Waals surface area (Å²) in [6.07, 6.45) is 1.34. The smallest absolute Gasteiger partial charge is 0.341 e. The highest BCUT2D eigenvalue weighted by atomic mass is 19.1. The number of carboxylic acids is 1. The van der Waals surface area contributed by atoms with Crippen LogP contribution in [0, 0.1) is 12.7 Å². The quantitative estimate of drug-likeness (QED) is 0.681. The number of carbonyl (C=O) groups is 1. The second kappa shape index (κ2) is 8.51. The minimum Gasteiger partial charge on any atom is -0.477 e. The maximum atomic E-state index is 15.0. The van der Waals surface area contributed by atoms with Crippen LogP contribution in [0.4, 0.5) is 10.1 Å². The molecular weight excluding hydrogens is 397 g/mol. The fourth-order valence-electron chi connectivity index (χ4n) is 4.15. The van der Waals surface area contributed by atoms with Crippen molar-refractivity contribution < 1.29 is 14.3 Å². The van der Waals surface area contributed by atoms with E-state index in [1.165, 1.54) is 23.4 Å². The molecule has 162 valence electrons. The number of benzene rings is 2. The first-order valence-electron chi connectivity index (χ1n) is 10.5. The number of aryl methyl sites for hydroxylation is 2. The largest absolute Gasteiger partial charge is 0.477 e. The third-order valence-electron chi connectivity index (χ3n) is 5.96. The summed E-state index contributed by atoms with van der Waals surface area (Å²) in [5.41, 5.74) is 2.51. The minimum atomic E-state index is -1.30. The third kappa shape index (κ3) is 4.18. The molecule has 3 aromatic rings. The molecule has 1 aliphatic rings. The maximum Gasteiger partial charge on any atom is 0.341 e. The number of halogens is 1. The van der Waals surface area contributed by atoms with Crippen LogP contribution in [0.2, 0.25) is 0 Å². The molecule has 2 aromatic carbocycles. The lowest BCUT2D eigenvalue weighted by atomic mass is 10.1. The van der Waals surface area contributed by atoms with Gasteiger partial charge in [-0.3, -0.25) is 9.69 Å². The van der Waals surface area contributed by atoms with Crippen LogP contribution in [0.5, 0.6) is 0 Å². The maximum absolute atomic E-state index is 15.0. The number of anilines is 1. The Bertz CT molecular complexity index is 1180. The first-order valence-corrected chi connectivity index (χ1v) is 10.5. The van der Waals surface area contributed by atoms with Crippen LogP contribution < -0.4 is 10.3 Å². The van der Waals surface area contributed by atoms with E-state index in [9.17, 15) is 19.1 Å². The number of fused-ring (bicyclic) bond motifs is 1. The van der Waals surface area contributed by atoms with Crippen molar-refractivity contribution in [1.29, 1.82) is 0 Å². The van der Waals surface area contributed by atoms with Crippen LogP contribution in [0.15, 0.2) is 47.4 Å². The topological polar surface area (TPSA) is 65.8 Å². The second-order valence-corrected chi connectivity index (χ2v) is 8.03. The molecule has 1 N–H and O–H groups in total. The molecular formula is C24H26FN3O3. The summed E-state index contributed by atoms with van der Waals surface area (Å²) in [5, 5.41) is 9.40. The van der Waals surface area contributed by atoms with E-state index in [0.29, 0.717) is 30.8 Å². The lowest BCUT2D eigenvalue weighted by Crippen LogP contribution is -2.46. The van der Waals surface area contributed by atoms with Crippen LogP contribution in [0.3, 0.4) is 0 Å². The van der Waals surface area contributed by atoms with Gasteiger partial charge in [-0.2, -0.15) is 0 Å². The molecule has 0 amide bonds. The SMILES string of the molecule is CCn1cc(C(=O)O)c(=O)c2cc(F)c(N3CCN(Cc4ccc(C)cc4)CC3)cc21. The Kier molecular flexibility index (Phi) is 5.78. The van der Waals surface area contributed by atoms with Crippen molar-refractivity contribution in [3.63, 3.8) is 0 Å². The van der Waals surface area contributed by atoms with Crippen molar-refractivity contribution in [3.05, 3.63) is 75.3 Å². The molecule has 0 bridgehead atoms. The van der Waals surface area contributed by atoms with E-state index in [2.05, 4.69) is 36.1 Å². The van der Waals surface area contributed by atoms with E-state index >= 15 is 0 Å². The number of aromatic carboxylic acids is 1. The lowest BCUT2D eigenvalue weighted by molar-refractivity contribution is 0.0695. The number of pyridine rings is 1. The summed E-state index contributed by atoms with van der Waals surface area (Å²) in [6.45, 7) is 8.25. The molecule has 0 saturated carbocycles. The predicted molar refractivity (Wildman–Crippen MR) is 119 cm³/mol. The summed E-state index contributed by atoms with van der Waals surface area (Å²) in [6, 6.07) is 11.4. The number of hydrogen-bond donors (Lipinski definition) is 1. The normalized spacial score (nSPS) is 14.9. The highest BCUT2D eigenvalue weighted by Crippen LogP contribution is 2.26. The average molecular weight is 423 g/mol. The molecule has 4 rings (SSSR count). The zero-order valence-corrected chi connectivity index (χ0v) is 17.8. The molecule has 31 heavy (non-hydrogen) atoms. The average Bonchev–Trinajstić information content (AvgIpc) is 2.76.